The molecule has 0 spiro atoms. The van der Waals surface area contributed by atoms with E-state index in [9.17, 15) is 5.11 Å². The summed E-state index contributed by atoms with van der Waals surface area (Å²) in [5, 5.41) is 10.6. The summed E-state index contributed by atoms with van der Waals surface area (Å²) in [6.07, 6.45) is 5.35. The zero-order chi connectivity index (χ0) is 10.9. The van der Waals surface area contributed by atoms with Gasteiger partial charge >= 0.3 is 0 Å². The summed E-state index contributed by atoms with van der Waals surface area (Å²) < 4.78 is 11.0. The largest absolute Gasteiger partial charge is 0.501 e. The van der Waals surface area contributed by atoms with Gasteiger partial charge < -0.3 is 14.6 Å². The first-order valence-corrected chi connectivity index (χ1v) is 5.79. The van der Waals surface area contributed by atoms with Crippen molar-refractivity contribution in [3.8, 4) is 0 Å². The molecule has 0 aromatic rings. The fourth-order valence-corrected chi connectivity index (χ4v) is 2.70. The van der Waals surface area contributed by atoms with Crippen LogP contribution in [0.4, 0.5) is 0 Å². The van der Waals surface area contributed by atoms with Crippen LogP contribution in [0.5, 0.6) is 0 Å². The van der Waals surface area contributed by atoms with Crippen LogP contribution in [0, 0.1) is 0 Å². The van der Waals surface area contributed by atoms with Gasteiger partial charge in [-0.2, -0.15) is 0 Å². The number of hydrogen-bond acceptors (Lipinski definition) is 3. The highest BCUT2D eigenvalue weighted by Crippen LogP contribution is 2.37. The lowest BCUT2D eigenvalue weighted by Crippen LogP contribution is -2.45. The molecule has 3 heteroatoms. The van der Waals surface area contributed by atoms with E-state index in [0.29, 0.717) is 12.8 Å². The van der Waals surface area contributed by atoms with Crippen LogP contribution >= 0.6 is 0 Å². The van der Waals surface area contributed by atoms with Crippen LogP contribution in [0.25, 0.3) is 0 Å². The Morgan fingerprint density at radius 2 is 2.00 bits per heavy atom. The minimum Gasteiger partial charge on any atom is -0.501 e. The van der Waals surface area contributed by atoms with Crippen molar-refractivity contribution in [3.63, 3.8) is 0 Å². The van der Waals surface area contributed by atoms with Crippen LogP contribution in [-0.2, 0) is 9.47 Å². The molecule has 1 saturated heterocycles. The predicted octanol–water partition coefficient (Wildman–Crippen LogP) is 2.00. The zero-order valence-corrected chi connectivity index (χ0v) is 9.53. The molecule has 0 aromatic carbocycles. The van der Waals surface area contributed by atoms with Crippen molar-refractivity contribution < 1.29 is 14.6 Å². The van der Waals surface area contributed by atoms with Crippen molar-refractivity contribution in [2.75, 3.05) is 6.61 Å². The highest BCUT2D eigenvalue weighted by molar-refractivity contribution is 5.18. The molecule has 0 aliphatic carbocycles. The Morgan fingerprint density at radius 1 is 1.33 bits per heavy atom. The second kappa shape index (κ2) is 4.14. The Kier molecular flexibility index (Phi) is 3.03. The highest BCUT2D eigenvalue weighted by Gasteiger charge is 2.40. The molecular formula is C12H20O3. The zero-order valence-electron chi connectivity index (χ0n) is 9.53. The molecule has 1 fully saturated rings. The average Bonchev–Trinajstić information content (AvgIpc) is 2.17. The number of rotatable bonds is 1. The molecule has 0 saturated carbocycles. The minimum atomic E-state index is -0.697. The molecule has 86 valence electrons. The van der Waals surface area contributed by atoms with Crippen molar-refractivity contribution in [2.24, 2.45) is 0 Å². The van der Waals surface area contributed by atoms with Gasteiger partial charge in [0.15, 0.2) is 0 Å². The Labute approximate surface area is 91.1 Å². The lowest BCUT2D eigenvalue weighted by atomic mass is 9.79. The lowest BCUT2D eigenvalue weighted by molar-refractivity contribution is -0.117. The van der Waals surface area contributed by atoms with E-state index < -0.39 is 5.60 Å². The number of ether oxygens (including phenoxy) is 2. The van der Waals surface area contributed by atoms with Gasteiger partial charge in [0.2, 0.25) is 0 Å². The maximum absolute atomic E-state index is 10.6. The normalized spacial score (nSPS) is 41.9. The maximum Gasteiger partial charge on any atom is 0.0938 e. The summed E-state index contributed by atoms with van der Waals surface area (Å²) in [4.78, 5) is 0. The van der Waals surface area contributed by atoms with Gasteiger partial charge in [-0.1, -0.05) is 0 Å². The van der Waals surface area contributed by atoms with E-state index in [0.717, 1.165) is 25.0 Å². The molecule has 0 bridgehead atoms. The first kappa shape index (κ1) is 11.0. The van der Waals surface area contributed by atoms with E-state index >= 15 is 0 Å². The Morgan fingerprint density at radius 3 is 2.53 bits per heavy atom. The van der Waals surface area contributed by atoms with E-state index in [1.54, 1.807) is 6.26 Å². The average molecular weight is 212 g/mol. The molecule has 15 heavy (non-hydrogen) atoms. The Hall–Kier alpha value is -0.540. The third-order valence-electron chi connectivity index (χ3n) is 3.25. The van der Waals surface area contributed by atoms with E-state index in [4.69, 9.17) is 9.47 Å². The summed E-state index contributed by atoms with van der Waals surface area (Å²) in [7, 11) is 0. The molecule has 2 aliphatic heterocycles. The molecule has 1 N–H and O–H groups in total. The van der Waals surface area contributed by atoms with Crippen LogP contribution in [0.1, 0.15) is 39.5 Å². The first-order valence-electron chi connectivity index (χ1n) is 5.79. The van der Waals surface area contributed by atoms with Crippen LogP contribution in [0.2, 0.25) is 0 Å². The molecule has 3 nitrogen and oxygen atoms in total. The molecule has 2 heterocycles. The second-order valence-corrected chi connectivity index (χ2v) is 4.81. The standard InChI is InChI=1S/C12H20O3/c1-9-6-12(13,7-10(2)15-9)11-4-3-5-14-8-11/h8-10,13H,3-7H2,1-2H3. The van der Waals surface area contributed by atoms with Crippen molar-refractivity contribution in [1.29, 1.82) is 0 Å². The minimum absolute atomic E-state index is 0.126. The molecule has 2 aliphatic rings. The van der Waals surface area contributed by atoms with E-state index in [-0.39, 0.29) is 12.2 Å². The van der Waals surface area contributed by atoms with Crippen LogP contribution in [0.3, 0.4) is 0 Å². The monoisotopic (exact) mass is 212 g/mol. The second-order valence-electron chi connectivity index (χ2n) is 4.81. The van der Waals surface area contributed by atoms with Crippen molar-refractivity contribution in [1.82, 2.24) is 0 Å². The SMILES string of the molecule is CC1CC(O)(C2=COCCC2)CC(C)O1. The Balaban J connectivity index is 2.13. The van der Waals surface area contributed by atoms with Crippen molar-refractivity contribution >= 4 is 0 Å². The van der Waals surface area contributed by atoms with Gasteiger partial charge in [0.05, 0.1) is 30.7 Å². The summed E-state index contributed by atoms with van der Waals surface area (Å²) >= 11 is 0. The summed E-state index contributed by atoms with van der Waals surface area (Å²) in [5.74, 6) is 0. The number of aliphatic hydroxyl groups is 1. The maximum atomic E-state index is 10.6. The Bertz CT molecular complexity index is 250. The summed E-state index contributed by atoms with van der Waals surface area (Å²) in [5.41, 5.74) is 0.355. The van der Waals surface area contributed by atoms with Gasteiger partial charge in [0.1, 0.15) is 0 Å². The molecule has 2 atom stereocenters. The van der Waals surface area contributed by atoms with Gasteiger partial charge in [-0.25, -0.2) is 0 Å². The van der Waals surface area contributed by atoms with Crippen LogP contribution in [-0.4, -0.2) is 29.5 Å². The summed E-state index contributed by atoms with van der Waals surface area (Å²) in [6, 6.07) is 0. The van der Waals surface area contributed by atoms with Gasteiger partial charge in [-0.15, -0.1) is 0 Å². The lowest BCUT2D eigenvalue weighted by Gasteiger charge is -2.41. The first-order chi connectivity index (χ1) is 7.10. The molecule has 0 amide bonds. The molecule has 0 aromatic heterocycles. The van der Waals surface area contributed by atoms with E-state index in [2.05, 4.69) is 0 Å². The van der Waals surface area contributed by atoms with E-state index in [1.807, 2.05) is 13.8 Å². The fourth-order valence-electron chi connectivity index (χ4n) is 2.70. The quantitative estimate of drug-likeness (QED) is 0.722. The predicted molar refractivity (Wildman–Crippen MR) is 57.5 cm³/mol. The van der Waals surface area contributed by atoms with Gasteiger partial charge in [-0.05, 0) is 32.3 Å². The topological polar surface area (TPSA) is 38.7 Å². The van der Waals surface area contributed by atoms with Crippen molar-refractivity contribution in [2.45, 2.75) is 57.3 Å². The summed E-state index contributed by atoms with van der Waals surface area (Å²) in [6.45, 7) is 4.82. The molecule has 0 radical (unpaired) electrons. The van der Waals surface area contributed by atoms with Gasteiger partial charge in [0, 0.05) is 12.8 Å². The molecular weight excluding hydrogens is 192 g/mol. The highest BCUT2D eigenvalue weighted by atomic mass is 16.5. The van der Waals surface area contributed by atoms with Crippen LogP contribution < -0.4 is 0 Å². The van der Waals surface area contributed by atoms with Gasteiger partial charge in [-0.3, -0.25) is 0 Å². The van der Waals surface area contributed by atoms with Crippen molar-refractivity contribution in [3.05, 3.63) is 11.8 Å². The van der Waals surface area contributed by atoms with Gasteiger partial charge in [0.25, 0.3) is 0 Å². The smallest absolute Gasteiger partial charge is 0.0938 e. The fraction of sp³-hybridized carbons (Fsp3) is 0.833. The third-order valence-corrected chi connectivity index (χ3v) is 3.25. The third kappa shape index (κ3) is 2.34. The van der Waals surface area contributed by atoms with E-state index in [1.165, 1.54) is 0 Å². The number of hydrogen-bond donors (Lipinski definition) is 1. The van der Waals surface area contributed by atoms with Crippen LogP contribution in [0.15, 0.2) is 11.8 Å². The molecule has 2 unspecified atom stereocenters. The molecule has 2 rings (SSSR count).